The second-order valence-electron chi connectivity index (χ2n) is 8.64. The Hall–Kier alpha value is -2.98. The molecule has 2 N–H and O–H groups in total. The van der Waals surface area contributed by atoms with Crippen molar-refractivity contribution in [1.82, 2.24) is 24.9 Å². The fourth-order valence-corrected chi connectivity index (χ4v) is 3.48. The van der Waals surface area contributed by atoms with Gasteiger partial charge in [0.2, 0.25) is 0 Å². The first-order valence-corrected chi connectivity index (χ1v) is 10.2. The molecule has 0 fully saturated rings. The molecular weight excluding hydrogens is 410 g/mol. The first-order valence-electron chi connectivity index (χ1n) is 10.2. The topological polar surface area (TPSA) is 103 Å². The first-order chi connectivity index (χ1) is 14.5. The van der Waals surface area contributed by atoms with Gasteiger partial charge in [0.05, 0.1) is 35.0 Å². The fraction of sp³-hybridized carbons (Fsp3) is 0.600. The van der Waals surface area contributed by atoms with Gasteiger partial charge in [-0.2, -0.15) is 10.2 Å². The van der Waals surface area contributed by atoms with Crippen molar-refractivity contribution in [2.75, 3.05) is 11.9 Å². The summed E-state index contributed by atoms with van der Waals surface area (Å²) in [5.41, 5.74) is 1.46. The molecule has 31 heavy (non-hydrogen) atoms. The van der Waals surface area contributed by atoms with Crippen LogP contribution in [0.15, 0.2) is 12.4 Å². The molecular formula is C20H28F2N6O3. The standard InChI is InChI=1S/C20H28F2N6O3/c1-12-15(10-25-28(12)11-17(21)22)26-18(29)14-9-24-27-6-5-13(7-16(14)27)8-23-19(30)31-20(2,3)4/h9-10,13,17H,5-8,11H2,1-4H3,(H,23,30)(H,26,29). The van der Waals surface area contributed by atoms with Gasteiger partial charge in [0.1, 0.15) is 12.1 Å². The average Bonchev–Trinajstić information content (AvgIpc) is 3.23. The van der Waals surface area contributed by atoms with Crippen LogP contribution < -0.4 is 10.6 Å². The number of halogens is 2. The Bertz CT molecular complexity index is 947. The van der Waals surface area contributed by atoms with E-state index >= 15 is 0 Å². The molecule has 11 heteroatoms. The summed E-state index contributed by atoms with van der Waals surface area (Å²) in [7, 11) is 0. The number of carbonyl (C=O) groups excluding carboxylic acids is 2. The van der Waals surface area contributed by atoms with Gasteiger partial charge < -0.3 is 15.4 Å². The number of alkyl carbamates (subject to hydrolysis) is 1. The van der Waals surface area contributed by atoms with E-state index in [4.69, 9.17) is 4.74 Å². The Balaban J connectivity index is 1.63. The number of fused-ring (bicyclic) bond motifs is 1. The first kappa shape index (κ1) is 22.7. The van der Waals surface area contributed by atoms with E-state index in [-0.39, 0.29) is 11.8 Å². The zero-order valence-corrected chi connectivity index (χ0v) is 18.1. The van der Waals surface area contributed by atoms with Crippen molar-refractivity contribution in [2.24, 2.45) is 5.92 Å². The minimum atomic E-state index is -2.53. The third-order valence-electron chi connectivity index (χ3n) is 5.02. The number of anilines is 1. The molecule has 3 rings (SSSR count). The summed E-state index contributed by atoms with van der Waals surface area (Å²) < 4.78 is 33.4. The van der Waals surface area contributed by atoms with Crippen LogP contribution in [0.3, 0.4) is 0 Å². The van der Waals surface area contributed by atoms with Crippen LogP contribution in [0.5, 0.6) is 0 Å². The molecule has 2 aromatic rings. The molecule has 1 aliphatic rings. The maximum atomic E-state index is 12.8. The van der Waals surface area contributed by atoms with Crippen LogP contribution in [0, 0.1) is 12.8 Å². The quantitative estimate of drug-likeness (QED) is 0.722. The van der Waals surface area contributed by atoms with Gasteiger partial charge in [0.15, 0.2) is 0 Å². The molecule has 1 atom stereocenters. The molecule has 0 spiro atoms. The number of carbonyl (C=O) groups is 2. The summed E-state index contributed by atoms with van der Waals surface area (Å²) in [5.74, 6) is -0.236. The van der Waals surface area contributed by atoms with Gasteiger partial charge in [-0.15, -0.1) is 0 Å². The normalized spacial score (nSPS) is 16.2. The predicted octanol–water partition coefficient (Wildman–Crippen LogP) is 2.99. The maximum Gasteiger partial charge on any atom is 0.407 e. The van der Waals surface area contributed by atoms with E-state index in [1.54, 1.807) is 32.4 Å². The van der Waals surface area contributed by atoms with Crippen molar-refractivity contribution in [3.05, 3.63) is 29.3 Å². The Kier molecular flexibility index (Phi) is 6.61. The number of amides is 2. The molecule has 0 aromatic carbocycles. The molecule has 1 unspecified atom stereocenters. The molecule has 0 saturated carbocycles. The number of hydrogen-bond donors (Lipinski definition) is 2. The second-order valence-corrected chi connectivity index (χ2v) is 8.64. The minimum absolute atomic E-state index is 0.138. The van der Waals surface area contributed by atoms with Crippen LogP contribution in [0.4, 0.5) is 19.3 Å². The molecule has 3 heterocycles. The summed E-state index contributed by atoms with van der Waals surface area (Å²) in [5, 5.41) is 13.7. The molecule has 2 aromatic heterocycles. The summed E-state index contributed by atoms with van der Waals surface area (Å²) in [6, 6.07) is 0. The van der Waals surface area contributed by atoms with Gasteiger partial charge in [0.25, 0.3) is 12.3 Å². The summed E-state index contributed by atoms with van der Waals surface area (Å²) in [6.45, 7) is 7.56. The highest BCUT2D eigenvalue weighted by molar-refractivity contribution is 6.05. The number of aryl methyl sites for hydroxylation is 1. The molecule has 9 nitrogen and oxygen atoms in total. The van der Waals surface area contributed by atoms with Crippen molar-refractivity contribution in [1.29, 1.82) is 0 Å². The summed E-state index contributed by atoms with van der Waals surface area (Å²) in [6.07, 6.45) is 1.25. The van der Waals surface area contributed by atoms with E-state index in [0.29, 0.717) is 36.5 Å². The lowest BCUT2D eigenvalue weighted by Gasteiger charge is -2.25. The van der Waals surface area contributed by atoms with Crippen LogP contribution in [0.1, 0.15) is 48.9 Å². The maximum absolute atomic E-state index is 12.8. The molecule has 0 radical (unpaired) electrons. The van der Waals surface area contributed by atoms with Gasteiger partial charge in [-0.25, -0.2) is 13.6 Å². The van der Waals surface area contributed by atoms with Crippen molar-refractivity contribution < 1.29 is 23.1 Å². The van der Waals surface area contributed by atoms with Crippen LogP contribution >= 0.6 is 0 Å². The largest absolute Gasteiger partial charge is 0.444 e. The van der Waals surface area contributed by atoms with Crippen molar-refractivity contribution in [2.45, 2.75) is 65.7 Å². The van der Waals surface area contributed by atoms with Gasteiger partial charge in [-0.3, -0.25) is 14.2 Å². The van der Waals surface area contributed by atoms with E-state index in [1.165, 1.54) is 12.4 Å². The number of nitrogens with zero attached hydrogens (tertiary/aromatic N) is 4. The van der Waals surface area contributed by atoms with Crippen LogP contribution in [0.25, 0.3) is 0 Å². The zero-order chi connectivity index (χ0) is 22.8. The highest BCUT2D eigenvalue weighted by Gasteiger charge is 2.27. The molecule has 1 aliphatic heterocycles. The third kappa shape index (κ3) is 5.80. The highest BCUT2D eigenvalue weighted by atomic mass is 19.3. The summed E-state index contributed by atoms with van der Waals surface area (Å²) >= 11 is 0. The van der Waals surface area contributed by atoms with E-state index in [2.05, 4.69) is 20.8 Å². The summed E-state index contributed by atoms with van der Waals surface area (Å²) in [4.78, 5) is 24.7. The lowest BCUT2D eigenvalue weighted by atomic mass is 9.94. The zero-order valence-electron chi connectivity index (χ0n) is 18.1. The van der Waals surface area contributed by atoms with Crippen molar-refractivity contribution >= 4 is 17.7 Å². The minimum Gasteiger partial charge on any atom is -0.444 e. The number of alkyl halides is 2. The third-order valence-corrected chi connectivity index (χ3v) is 5.02. The average molecular weight is 438 g/mol. The second kappa shape index (κ2) is 9.03. The van der Waals surface area contributed by atoms with Crippen LogP contribution in [0.2, 0.25) is 0 Å². The number of aromatic nitrogens is 4. The smallest absolute Gasteiger partial charge is 0.407 e. The van der Waals surface area contributed by atoms with Crippen molar-refractivity contribution in [3.8, 4) is 0 Å². The van der Waals surface area contributed by atoms with Gasteiger partial charge in [-0.05, 0) is 46.5 Å². The molecule has 0 aliphatic carbocycles. The van der Waals surface area contributed by atoms with E-state index in [0.717, 1.165) is 16.8 Å². The number of rotatable bonds is 6. The van der Waals surface area contributed by atoms with Crippen LogP contribution in [-0.4, -0.2) is 50.1 Å². The molecule has 170 valence electrons. The van der Waals surface area contributed by atoms with Gasteiger partial charge in [0, 0.05) is 13.1 Å². The Morgan fingerprint density at radius 3 is 2.71 bits per heavy atom. The van der Waals surface area contributed by atoms with Crippen molar-refractivity contribution in [3.63, 3.8) is 0 Å². The highest BCUT2D eigenvalue weighted by Crippen LogP contribution is 2.24. The lowest BCUT2D eigenvalue weighted by molar-refractivity contribution is 0.0516. The monoisotopic (exact) mass is 438 g/mol. The van der Waals surface area contributed by atoms with E-state index in [1.807, 2.05) is 0 Å². The van der Waals surface area contributed by atoms with Crippen LogP contribution in [-0.2, 0) is 24.2 Å². The number of nitrogens with one attached hydrogen (secondary N) is 2. The molecule has 0 saturated heterocycles. The van der Waals surface area contributed by atoms with E-state index in [9.17, 15) is 18.4 Å². The Morgan fingerprint density at radius 1 is 1.29 bits per heavy atom. The molecule has 2 amide bonds. The van der Waals surface area contributed by atoms with Gasteiger partial charge >= 0.3 is 6.09 Å². The van der Waals surface area contributed by atoms with Gasteiger partial charge in [-0.1, -0.05) is 0 Å². The lowest BCUT2D eigenvalue weighted by Crippen LogP contribution is -2.37. The Morgan fingerprint density at radius 2 is 2.03 bits per heavy atom. The number of ether oxygens (including phenoxy) is 1. The predicted molar refractivity (Wildman–Crippen MR) is 109 cm³/mol. The SMILES string of the molecule is Cc1c(NC(=O)c2cnn3c2CC(CNC(=O)OC(C)(C)C)CC3)cnn1CC(F)F. The fourth-order valence-electron chi connectivity index (χ4n) is 3.48. The van der Waals surface area contributed by atoms with E-state index < -0.39 is 24.7 Å². The Labute approximate surface area is 179 Å². The molecule has 0 bridgehead atoms. The number of hydrogen-bond acceptors (Lipinski definition) is 5.